The van der Waals surface area contributed by atoms with Gasteiger partial charge in [0.15, 0.2) is 5.92 Å². The molecule has 0 aliphatic carbocycles. The standard InChI is InChI=1S/C25H30N3O.HI/c1-26-16-7-11-22(19-26)25(29)27(2)17-8-18-28-23-12-5-3-9-20(23)14-15-21-10-4-6-13-24(21)28;/h3-7,9-13H,8,14-19H2,1-2H3;1H/q+1;/p-1. The number of benzene rings is 2. The van der Waals surface area contributed by atoms with Crippen LogP contribution < -0.4 is 28.9 Å². The molecule has 4 rings (SSSR count). The topological polar surface area (TPSA) is 26.8 Å². The highest BCUT2D eigenvalue weighted by Gasteiger charge is 2.31. The molecular formula is C25H30IN3O. The minimum Gasteiger partial charge on any atom is -1.00 e. The monoisotopic (exact) mass is 515 g/mol. The fourth-order valence-corrected chi connectivity index (χ4v) is 4.35. The number of aryl methyl sites for hydroxylation is 2. The molecular weight excluding hydrogens is 485 g/mol. The van der Waals surface area contributed by atoms with Crippen LogP contribution in [0.25, 0.3) is 0 Å². The number of para-hydroxylation sites is 2. The van der Waals surface area contributed by atoms with E-state index in [1.165, 1.54) is 22.5 Å². The van der Waals surface area contributed by atoms with Gasteiger partial charge < -0.3 is 33.8 Å². The van der Waals surface area contributed by atoms with Crippen LogP contribution in [0.15, 0.2) is 60.7 Å². The molecule has 0 bridgehead atoms. The van der Waals surface area contributed by atoms with E-state index in [1.54, 1.807) is 0 Å². The van der Waals surface area contributed by atoms with Crippen LogP contribution in [0.2, 0.25) is 0 Å². The summed E-state index contributed by atoms with van der Waals surface area (Å²) >= 11 is 0. The van der Waals surface area contributed by atoms with Crippen molar-refractivity contribution in [1.82, 2.24) is 9.80 Å². The van der Waals surface area contributed by atoms with Crippen molar-refractivity contribution >= 4 is 17.3 Å². The second-order valence-electron chi connectivity index (χ2n) is 8.11. The second kappa shape index (κ2) is 10.4. The van der Waals surface area contributed by atoms with E-state index in [1.807, 2.05) is 25.1 Å². The molecule has 0 aromatic heterocycles. The van der Waals surface area contributed by atoms with Crippen LogP contribution in [0, 0.1) is 5.92 Å². The summed E-state index contributed by atoms with van der Waals surface area (Å²) in [7, 11) is 3.97. The van der Waals surface area contributed by atoms with Crippen LogP contribution in [0.4, 0.5) is 11.4 Å². The molecule has 5 heteroatoms. The summed E-state index contributed by atoms with van der Waals surface area (Å²) in [6.45, 7) is 3.29. The number of carbonyl (C=O) groups excluding carboxylic acids is 1. The molecule has 2 heterocycles. The first-order valence-electron chi connectivity index (χ1n) is 10.5. The van der Waals surface area contributed by atoms with Crippen molar-refractivity contribution < 1.29 is 28.8 Å². The number of carbonyl (C=O) groups is 1. The molecule has 0 fully saturated rings. The summed E-state index contributed by atoms with van der Waals surface area (Å²) in [5.41, 5.74) is 5.41. The molecule has 0 saturated carbocycles. The molecule has 2 aliphatic rings. The lowest BCUT2D eigenvalue weighted by Gasteiger charge is -2.28. The molecule has 0 saturated heterocycles. The van der Waals surface area contributed by atoms with Crippen LogP contribution in [-0.4, -0.2) is 56.0 Å². The summed E-state index contributed by atoms with van der Waals surface area (Å²) in [6, 6.07) is 17.4. The third-order valence-corrected chi connectivity index (χ3v) is 5.90. The number of anilines is 2. The number of likely N-dealkylation sites (N-methyl/N-ethyl adjacent to an activating group) is 1. The Hall–Kier alpha value is -1.99. The Kier molecular flexibility index (Phi) is 7.83. The van der Waals surface area contributed by atoms with Crippen molar-refractivity contribution in [3.05, 3.63) is 77.7 Å². The van der Waals surface area contributed by atoms with Gasteiger partial charge in [-0.15, -0.1) is 0 Å². The van der Waals surface area contributed by atoms with Crippen molar-refractivity contribution in [3.8, 4) is 0 Å². The molecule has 2 aliphatic heterocycles. The molecule has 0 unspecified atom stereocenters. The molecule has 0 radical (unpaired) electrons. The predicted molar refractivity (Wildman–Crippen MR) is 119 cm³/mol. The molecule has 158 valence electrons. The van der Waals surface area contributed by atoms with Gasteiger partial charge >= 0.3 is 5.91 Å². The van der Waals surface area contributed by atoms with Gasteiger partial charge in [-0.3, -0.25) is 4.90 Å². The van der Waals surface area contributed by atoms with E-state index in [2.05, 4.69) is 64.4 Å². The van der Waals surface area contributed by atoms with Crippen molar-refractivity contribution in [2.24, 2.45) is 0 Å². The third-order valence-electron chi connectivity index (χ3n) is 5.90. The Bertz CT molecular complexity index is 850. The van der Waals surface area contributed by atoms with Gasteiger partial charge in [0.05, 0.1) is 19.2 Å². The number of hydrogen-bond acceptors (Lipinski definition) is 3. The first-order valence-corrected chi connectivity index (χ1v) is 10.5. The number of nitrogens with zero attached hydrogens (tertiary/aromatic N) is 3. The molecule has 0 spiro atoms. The maximum Gasteiger partial charge on any atom is 0.333 e. The number of rotatable bonds is 5. The Morgan fingerprint density at radius 2 is 1.63 bits per heavy atom. The number of hydrogen-bond donors (Lipinski definition) is 0. The van der Waals surface area contributed by atoms with Gasteiger partial charge in [-0.1, -0.05) is 36.4 Å². The van der Waals surface area contributed by atoms with Crippen LogP contribution >= 0.6 is 0 Å². The van der Waals surface area contributed by atoms with Crippen molar-refractivity contribution in [2.75, 3.05) is 45.2 Å². The minimum atomic E-state index is 0. The zero-order valence-electron chi connectivity index (χ0n) is 17.9. The van der Waals surface area contributed by atoms with E-state index in [-0.39, 0.29) is 29.9 Å². The maximum absolute atomic E-state index is 12.8. The van der Waals surface area contributed by atoms with Gasteiger partial charge in [0, 0.05) is 31.5 Å². The fourth-order valence-electron chi connectivity index (χ4n) is 4.35. The molecule has 2 aromatic carbocycles. The molecule has 30 heavy (non-hydrogen) atoms. The lowest BCUT2D eigenvalue weighted by atomic mass is 10.0. The quantitative estimate of drug-likeness (QED) is 0.437. The van der Waals surface area contributed by atoms with E-state index in [0.29, 0.717) is 0 Å². The van der Waals surface area contributed by atoms with Crippen molar-refractivity contribution in [1.29, 1.82) is 0 Å². The second-order valence-corrected chi connectivity index (χ2v) is 8.11. The van der Waals surface area contributed by atoms with E-state index < -0.39 is 0 Å². The van der Waals surface area contributed by atoms with Gasteiger partial charge in [0.1, 0.15) is 6.08 Å². The van der Waals surface area contributed by atoms with E-state index in [0.717, 1.165) is 51.4 Å². The lowest BCUT2D eigenvalue weighted by molar-refractivity contribution is -0.127. The van der Waals surface area contributed by atoms with E-state index >= 15 is 0 Å². The average Bonchev–Trinajstić information content (AvgIpc) is 2.90. The molecule has 4 nitrogen and oxygen atoms in total. The molecule has 2 aromatic rings. The lowest BCUT2D eigenvalue weighted by Crippen LogP contribution is -3.00. The summed E-state index contributed by atoms with van der Waals surface area (Å²) in [4.78, 5) is 19.2. The summed E-state index contributed by atoms with van der Waals surface area (Å²) in [6.07, 6.45) is 7.12. The van der Waals surface area contributed by atoms with Gasteiger partial charge in [0.2, 0.25) is 0 Å². The highest BCUT2D eigenvalue weighted by molar-refractivity contribution is 5.93. The summed E-state index contributed by atoms with van der Waals surface area (Å²) in [5.74, 6) is 1.02. The minimum absolute atomic E-state index is 0. The molecule has 0 N–H and O–H groups in total. The SMILES string of the molecule is CN1CC=C[C+](C(=O)N(C)CCCN2c3ccccc3CCc3ccccc32)C1.[I-]. The van der Waals surface area contributed by atoms with Gasteiger partial charge in [-0.05, 0) is 49.6 Å². The smallest absolute Gasteiger partial charge is 0.333 e. The van der Waals surface area contributed by atoms with Crippen LogP contribution in [0.5, 0.6) is 0 Å². The Morgan fingerprint density at radius 3 is 2.23 bits per heavy atom. The Balaban J connectivity index is 0.00000256. The van der Waals surface area contributed by atoms with Gasteiger partial charge in [-0.25, -0.2) is 4.79 Å². The largest absolute Gasteiger partial charge is 1.00 e. The molecule has 1 amide bonds. The summed E-state index contributed by atoms with van der Waals surface area (Å²) in [5, 5.41) is 0. The van der Waals surface area contributed by atoms with Crippen LogP contribution in [-0.2, 0) is 17.6 Å². The summed E-state index contributed by atoms with van der Waals surface area (Å²) < 4.78 is 0. The maximum atomic E-state index is 12.8. The normalized spacial score (nSPS) is 15.7. The first kappa shape index (κ1) is 22.7. The zero-order chi connectivity index (χ0) is 20.2. The van der Waals surface area contributed by atoms with Gasteiger partial charge in [-0.2, -0.15) is 0 Å². The Labute approximate surface area is 197 Å². The fraction of sp³-hybridized carbons (Fsp3) is 0.360. The number of fused-ring (bicyclic) bond motifs is 2. The van der Waals surface area contributed by atoms with Crippen molar-refractivity contribution in [3.63, 3.8) is 0 Å². The van der Waals surface area contributed by atoms with Crippen LogP contribution in [0.1, 0.15) is 17.5 Å². The highest BCUT2D eigenvalue weighted by Crippen LogP contribution is 2.35. The highest BCUT2D eigenvalue weighted by atomic mass is 127. The molecule has 0 atom stereocenters. The zero-order valence-corrected chi connectivity index (χ0v) is 20.0. The Morgan fingerprint density at radius 1 is 1.03 bits per heavy atom. The van der Waals surface area contributed by atoms with Crippen LogP contribution in [0.3, 0.4) is 0 Å². The first-order chi connectivity index (χ1) is 14.1. The van der Waals surface area contributed by atoms with Gasteiger partial charge in [0.25, 0.3) is 0 Å². The van der Waals surface area contributed by atoms with E-state index in [9.17, 15) is 4.79 Å². The number of amides is 1. The van der Waals surface area contributed by atoms with E-state index in [4.69, 9.17) is 0 Å². The van der Waals surface area contributed by atoms with Crippen molar-refractivity contribution in [2.45, 2.75) is 19.3 Å². The predicted octanol–water partition coefficient (Wildman–Crippen LogP) is 0.852. The number of halogens is 1. The average molecular weight is 515 g/mol. The third kappa shape index (κ3) is 5.01.